The second-order valence-corrected chi connectivity index (χ2v) is 8.67. The summed E-state index contributed by atoms with van der Waals surface area (Å²) in [5.74, 6) is 0. The zero-order chi connectivity index (χ0) is 13.3. The van der Waals surface area contributed by atoms with E-state index in [9.17, 15) is 8.42 Å². The second kappa shape index (κ2) is 5.52. The smallest absolute Gasteiger partial charge is 0.252 e. The van der Waals surface area contributed by atoms with Crippen LogP contribution >= 0.6 is 11.3 Å². The molecule has 0 amide bonds. The highest BCUT2D eigenvalue weighted by Crippen LogP contribution is 2.27. The Morgan fingerprint density at radius 1 is 1.21 bits per heavy atom. The summed E-state index contributed by atoms with van der Waals surface area (Å²) in [6, 6.07) is 4.36. The van der Waals surface area contributed by atoms with Crippen molar-refractivity contribution < 1.29 is 8.42 Å². The van der Waals surface area contributed by atoms with Crippen LogP contribution in [0.25, 0.3) is 0 Å². The molecule has 1 saturated carbocycles. The number of rotatable bonds is 5. The third-order valence-corrected chi connectivity index (χ3v) is 7.14. The first-order valence-electron chi connectivity index (χ1n) is 6.98. The molecular weight excluding hydrogens is 280 g/mol. The van der Waals surface area contributed by atoms with Gasteiger partial charge in [-0.1, -0.05) is 6.42 Å². The molecule has 0 spiro atoms. The van der Waals surface area contributed by atoms with E-state index in [1.807, 2.05) is 6.07 Å². The van der Waals surface area contributed by atoms with Gasteiger partial charge in [-0.15, -0.1) is 11.3 Å². The lowest BCUT2D eigenvalue weighted by atomic mass is 10.2. The van der Waals surface area contributed by atoms with Gasteiger partial charge in [0.05, 0.1) is 0 Å². The van der Waals surface area contributed by atoms with E-state index in [-0.39, 0.29) is 0 Å². The fourth-order valence-electron chi connectivity index (χ4n) is 2.36. The summed E-state index contributed by atoms with van der Waals surface area (Å²) in [4.78, 5) is 1.11. The zero-order valence-corrected chi connectivity index (χ0v) is 12.6. The number of nitrogens with zero attached hydrogens (tertiary/aromatic N) is 1. The lowest BCUT2D eigenvalue weighted by Gasteiger charge is -2.25. The Morgan fingerprint density at radius 2 is 1.95 bits per heavy atom. The number of piperidine rings is 1. The molecule has 0 unspecified atom stereocenters. The molecule has 1 aliphatic heterocycles. The first-order valence-corrected chi connectivity index (χ1v) is 9.24. The van der Waals surface area contributed by atoms with Crippen molar-refractivity contribution in [1.29, 1.82) is 0 Å². The van der Waals surface area contributed by atoms with E-state index < -0.39 is 10.0 Å². The van der Waals surface area contributed by atoms with Crippen LogP contribution in [0.1, 0.15) is 37.0 Å². The van der Waals surface area contributed by atoms with Gasteiger partial charge in [-0.05, 0) is 37.8 Å². The summed E-state index contributed by atoms with van der Waals surface area (Å²) >= 11 is 1.41. The molecule has 0 bridgehead atoms. The Morgan fingerprint density at radius 3 is 2.63 bits per heavy atom. The van der Waals surface area contributed by atoms with Crippen LogP contribution in [0.3, 0.4) is 0 Å². The van der Waals surface area contributed by atoms with Crippen LogP contribution in [0.5, 0.6) is 0 Å². The average molecular weight is 300 g/mol. The molecular formula is C13H20N2O2S2. The summed E-state index contributed by atoms with van der Waals surface area (Å²) in [6.45, 7) is 2.15. The van der Waals surface area contributed by atoms with Gasteiger partial charge in [0.25, 0.3) is 10.0 Å². The Labute approximate surface area is 118 Å². The largest absolute Gasteiger partial charge is 0.309 e. The SMILES string of the molecule is O=S(=O)(c1ccc(CNC2CC2)s1)N1CCCCC1. The minimum Gasteiger partial charge on any atom is -0.309 e. The van der Waals surface area contributed by atoms with Crippen LogP contribution in [0, 0.1) is 0 Å². The van der Waals surface area contributed by atoms with Gasteiger partial charge in [-0.25, -0.2) is 8.42 Å². The van der Waals surface area contributed by atoms with Crippen LogP contribution in [-0.2, 0) is 16.6 Å². The topological polar surface area (TPSA) is 49.4 Å². The maximum atomic E-state index is 12.5. The zero-order valence-electron chi connectivity index (χ0n) is 11.0. The van der Waals surface area contributed by atoms with E-state index in [0.29, 0.717) is 23.3 Å². The van der Waals surface area contributed by atoms with Gasteiger partial charge in [-0.3, -0.25) is 0 Å². The summed E-state index contributed by atoms with van der Waals surface area (Å²) in [5, 5.41) is 3.42. The molecule has 4 nitrogen and oxygen atoms in total. The average Bonchev–Trinajstić information content (AvgIpc) is 3.13. The molecule has 2 heterocycles. The number of nitrogens with one attached hydrogen (secondary N) is 1. The fraction of sp³-hybridized carbons (Fsp3) is 0.692. The third-order valence-electron chi connectivity index (χ3n) is 3.69. The number of hydrogen-bond donors (Lipinski definition) is 1. The normalized spacial score (nSPS) is 21.7. The lowest BCUT2D eigenvalue weighted by molar-refractivity contribution is 0.347. The molecule has 0 radical (unpaired) electrons. The standard InChI is InChI=1S/C13H20N2O2S2/c16-19(17,15-8-2-1-3-9-15)13-7-6-12(18-13)10-14-11-4-5-11/h6-7,11,14H,1-5,8-10H2. The van der Waals surface area contributed by atoms with E-state index in [1.54, 1.807) is 10.4 Å². The Balaban J connectivity index is 1.69. The van der Waals surface area contributed by atoms with Crippen molar-refractivity contribution in [3.63, 3.8) is 0 Å². The molecule has 1 aromatic heterocycles. The molecule has 0 atom stereocenters. The first-order chi connectivity index (χ1) is 9.16. The summed E-state index contributed by atoms with van der Waals surface area (Å²) in [7, 11) is -3.24. The van der Waals surface area contributed by atoms with Crippen LogP contribution < -0.4 is 5.32 Å². The van der Waals surface area contributed by atoms with Crippen molar-refractivity contribution in [1.82, 2.24) is 9.62 Å². The third kappa shape index (κ3) is 3.18. The molecule has 0 aromatic carbocycles. The van der Waals surface area contributed by atoms with Crippen molar-refractivity contribution >= 4 is 21.4 Å². The molecule has 6 heteroatoms. The van der Waals surface area contributed by atoms with Gasteiger partial charge in [0.1, 0.15) is 4.21 Å². The molecule has 2 fully saturated rings. The highest BCUT2D eigenvalue weighted by molar-refractivity contribution is 7.91. The van der Waals surface area contributed by atoms with E-state index in [1.165, 1.54) is 24.2 Å². The first kappa shape index (κ1) is 13.5. The summed E-state index contributed by atoms with van der Waals surface area (Å²) < 4.78 is 27.1. The van der Waals surface area contributed by atoms with E-state index in [0.717, 1.165) is 30.7 Å². The van der Waals surface area contributed by atoms with Gasteiger partial charge >= 0.3 is 0 Å². The van der Waals surface area contributed by atoms with E-state index >= 15 is 0 Å². The van der Waals surface area contributed by atoms with Crippen molar-refractivity contribution in [2.75, 3.05) is 13.1 Å². The van der Waals surface area contributed by atoms with E-state index in [2.05, 4.69) is 5.32 Å². The lowest BCUT2D eigenvalue weighted by Crippen LogP contribution is -2.35. The quantitative estimate of drug-likeness (QED) is 0.906. The molecule has 19 heavy (non-hydrogen) atoms. The van der Waals surface area contributed by atoms with Crippen molar-refractivity contribution in [3.05, 3.63) is 17.0 Å². The monoisotopic (exact) mass is 300 g/mol. The van der Waals surface area contributed by atoms with Crippen molar-refractivity contribution in [2.45, 2.75) is 48.9 Å². The number of hydrogen-bond acceptors (Lipinski definition) is 4. The maximum Gasteiger partial charge on any atom is 0.252 e. The van der Waals surface area contributed by atoms with Gasteiger partial charge in [-0.2, -0.15) is 4.31 Å². The second-order valence-electron chi connectivity index (χ2n) is 5.34. The Kier molecular flexibility index (Phi) is 3.93. The minimum absolute atomic E-state index is 0.502. The highest BCUT2D eigenvalue weighted by atomic mass is 32.2. The van der Waals surface area contributed by atoms with Crippen LogP contribution in [0.15, 0.2) is 16.3 Å². The van der Waals surface area contributed by atoms with Crippen LogP contribution in [-0.4, -0.2) is 31.9 Å². The molecule has 3 rings (SSSR count). The van der Waals surface area contributed by atoms with Gasteiger partial charge < -0.3 is 5.32 Å². The predicted octanol–water partition coefficient (Wildman–Crippen LogP) is 2.17. The molecule has 1 saturated heterocycles. The van der Waals surface area contributed by atoms with Crippen LogP contribution in [0.2, 0.25) is 0 Å². The molecule has 1 N–H and O–H groups in total. The van der Waals surface area contributed by atoms with Crippen LogP contribution in [0.4, 0.5) is 0 Å². The predicted molar refractivity (Wildman–Crippen MR) is 76.8 cm³/mol. The Bertz CT molecular complexity index is 529. The Hall–Kier alpha value is -0.430. The minimum atomic E-state index is -3.24. The number of thiophene rings is 1. The van der Waals surface area contributed by atoms with Gasteiger partial charge in [0.15, 0.2) is 0 Å². The number of sulfonamides is 1. The molecule has 2 aliphatic rings. The van der Waals surface area contributed by atoms with E-state index in [4.69, 9.17) is 0 Å². The molecule has 1 aliphatic carbocycles. The van der Waals surface area contributed by atoms with Gasteiger partial charge in [0.2, 0.25) is 0 Å². The fourth-order valence-corrected chi connectivity index (χ4v) is 5.33. The van der Waals surface area contributed by atoms with Gasteiger partial charge in [0, 0.05) is 30.6 Å². The summed E-state index contributed by atoms with van der Waals surface area (Å²) in [5.41, 5.74) is 0. The summed E-state index contributed by atoms with van der Waals surface area (Å²) in [6.07, 6.45) is 5.63. The molecule has 106 valence electrons. The highest BCUT2D eigenvalue weighted by Gasteiger charge is 2.27. The van der Waals surface area contributed by atoms with Crippen molar-refractivity contribution in [2.24, 2.45) is 0 Å². The maximum absolute atomic E-state index is 12.5. The molecule has 1 aromatic rings. The van der Waals surface area contributed by atoms with Crippen molar-refractivity contribution in [3.8, 4) is 0 Å².